The van der Waals surface area contributed by atoms with E-state index >= 15 is 0 Å². The van der Waals surface area contributed by atoms with Gasteiger partial charge in [0.15, 0.2) is 11.7 Å². The molecule has 0 spiro atoms. The molecule has 0 radical (unpaired) electrons. The molecule has 29 heavy (non-hydrogen) atoms. The van der Waals surface area contributed by atoms with E-state index in [1.165, 1.54) is 5.56 Å². The Kier molecular flexibility index (Phi) is 10.4. The Labute approximate surface area is 195 Å². The molecule has 1 saturated heterocycles. The van der Waals surface area contributed by atoms with Crippen LogP contribution in [-0.4, -0.2) is 42.2 Å². The largest absolute Gasteiger partial charge is 0.359 e. The van der Waals surface area contributed by atoms with E-state index in [9.17, 15) is 0 Å². The maximum Gasteiger partial charge on any atom is 0.191 e. The van der Waals surface area contributed by atoms with Crippen molar-refractivity contribution in [3.8, 4) is 0 Å². The van der Waals surface area contributed by atoms with E-state index < -0.39 is 0 Å². The molecule has 162 valence electrons. The van der Waals surface area contributed by atoms with E-state index in [0.717, 1.165) is 62.7 Å². The van der Waals surface area contributed by atoms with E-state index in [1.807, 2.05) is 7.05 Å². The first-order chi connectivity index (χ1) is 13.7. The molecular formula is C21H34IN5OS. The quantitative estimate of drug-likeness (QED) is 0.297. The van der Waals surface area contributed by atoms with Crippen molar-refractivity contribution in [2.45, 2.75) is 64.6 Å². The molecule has 2 N–H and O–H groups in total. The van der Waals surface area contributed by atoms with Gasteiger partial charge in [0.05, 0.1) is 12.2 Å². The van der Waals surface area contributed by atoms with Crippen LogP contribution in [0.15, 0.2) is 32.4 Å². The number of rotatable bonds is 8. The van der Waals surface area contributed by atoms with Crippen LogP contribution >= 0.6 is 35.3 Å². The number of hydrogen-bond donors (Lipinski definition) is 2. The molecule has 0 atom stereocenters. The summed E-state index contributed by atoms with van der Waals surface area (Å²) in [6.07, 6.45) is 4.44. The molecule has 6 nitrogen and oxygen atoms in total. The Balaban J connectivity index is 0.00000300. The van der Waals surface area contributed by atoms with Gasteiger partial charge < -0.3 is 15.2 Å². The molecule has 8 heteroatoms. The Bertz CT molecular complexity index is 721. The highest BCUT2D eigenvalue weighted by atomic mass is 127. The minimum absolute atomic E-state index is 0. The summed E-state index contributed by atoms with van der Waals surface area (Å²) in [6.45, 7) is 8.28. The second-order valence-electron chi connectivity index (χ2n) is 7.48. The number of hydrogen-bond acceptors (Lipinski definition) is 5. The summed E-state index contributed by atoms with van der Waals surface area (Å²) >= 11 is 1.77. The second-order valence-corrected chi connectivity index (χ2v) is 8.26. The number of aliphatic imine (C=N–C) groups is 1. The highest BCUT2D eigenvalue weighted by Crippen LogP contribution is 2.22. The number of piperidine rings is 1. The average molecular weight is 532 g/mol. The molecular weight excluding hydrogens is 497 g/mol. The molecule has 2 aromatic rings. The number of likely N-dealkylation sites (tertiary alicyclic amines) is 1. The summed E-state index contributed by atoms with van der Waals surface area (Å²) in [4.78, 5) is 6.90. The van der Waals surface area contributed by atoms with Gasteiger partial charge in [0.25, 0.3) is 0 Å². The lowest BCUT2D eigenvalue weighted by Gasteiger charge is -2.32. The average Bonchev–Trinajstić information content (AvgIpc) is 3.40. The highest BCUT2D eigenvalue weighted by Gasteiger charge is 2.20. The highest BCUT2D eigenvalue weighted by molar-refractivity contribution is 14.0. The maximum atomic E-state index is 5.50. The van der Waals surface area contributed by atoms with Crippen LogP contribution in [-0.2, 0) is 13.1 Å². The Morgan fingerprint density at radius 2 is 2.10 bits per heavy atom. The van der Waals surface area contributed by atoms with Crippen molar-refractivity contribution < 1.29 is 4.52 Å². The summed E-state index contributed by atoms with van der Waals surface area (Å²) < 4.78 is 5.50. The maximum absolute atomic E-state index is 5.50. The fraction of sp³-hybridized carbons (Fsp3) is 0.619. The van der Waals surface area contributed by atoms with Crippen LogP contribution < -0.4 is 10.6 Å². The summed E-state index contributed by atoms with van der Waals surface area (Å²) in [7, 11) is 1.82. The molecule has 0 amide bonds. The van der Waals surface area contributed by atoms with E-state index in [0.29, 0.717) is 18.5 Å². The number of guanidine groups is 1. The SMILES string of the molecule is CCC(CC)c1cc(CNC(=NC)NC2CCN(Cc3ccsc3)CC2)on1.I. The zero-order chi connectivity index (χ0) is 19.8. The lowest BCUT2D eigenvalue weighted by Crippen LogP contribution is -2.48. The Morgan fingerprint density at radius 3 is 2.72 bits per heavy atom. The van der Waals surface area contributed by atoms with Crippen LogP contribution in [0.2, 0.25) is 0 Å². The molecule has 0 aromatic carbocycles. The molecule has 0 saturated carbocycles. The van der Waals surface area contributed by atoms with Gasteiger partial charge in [0.2, 0.25) is 0 Å². The standard InChI is InChI=1S/C21H33N5OS.HI/c1-4-17(5-2)20-12-19(27-25-20)13-23-21(22-3)24-18-6-9-26(10-7-18)14-16-8-11-28-15-16;/h8,11-12,15,17-18H,4-7,9-10,13-14H2,1-3H3,(H2,22,23,24);1H. The minimum atomic E-state index is 0. The van der Waals surface area contributed by atoms with Crippen molar-refractivity contribution >= 4 is 41.3 Å². The third-order valence-corrected chi connectivity index (χ3v) is 6.28. The number of nitrogens with zero attached hydrogens (tertiary/aromatic N) is 3. The van der Waals surface area contributed by atoms with Gasteiger partial charge in [0, 0.05) is 44.7 Å². The Morgan fingerprint density at radius 1 is 1.34 bits per heavy atom. The first kappa shape index (κ1) is 24.1. The molecule has 0 unspecified atom stereocenters. The first-order valence-corrected chi connectivity index (χ1v) is 11.3. The number of nitrogens with one attached hydrogen (secondary N) is 2. The monoisotopic (exact) mass is 531 g/mol. The van der Waals surface area contributed by atoms with Gasteiger partial charge >= 0.3 is 0 Å². The van der Waals surface area contributed by atoms with Gasteiger partial charge in [-0.25, -0.2) is 0 Å². The zero-order valence-corrected chi connectivity index (χ0v) is 20.8. The number of aromatic nitrogens is 1. The molecule has 2 aromatic heterocycles. The van der Waals surface area contributed by atoms with Gasteiger partial charge in [-0.15, -0.1) is 24.0 Å². The van der Waals surface area contributed by atoms with Crippen LogP contribution in [0.3, 0.4) is 0 Å². The van der Waals surface area contributed by atoms with Gasteiger partial charge in [-0.2, -0.15) is 11.3 Å². The van der Waals surface area contributed by atoms with Crippen LogP contribution in [0.4, 0.5) is 0 Å². The molecule has 1 fully saturated rings. The zero-order valence-electron chi connectivity index (χ0n) is 17.7. The smallest absolute Gasteiger partial charge is 0.191 e. The van der Waals surface area contributed by atoms with Crippen molar-refractivity contribution in [2.24, 2.45) is 4.99 Å². The second kappa shape index (κ2) is 12.5. The summed E-state index contributed by atoms with van der Waals surface area (Å²) in [5, 5.41) is 15.6. The summed E-state index contributed by atoms with van der Waals surface area (Å²) in [6, 6.07) is 4.75. The normalized spacial score (nSPS) is 16.1. The molecule has 3 rings (SSSR count). The number of halogens is 1. The fourth-order valence-corrected chi connectivity index (χ4v) is 4.41. The van der Waals surface area contributed by atoms with Crippen molar-refractivity contribution in [1.29, 1.82) is 0 Å². The molecule has 0 bridgehead atoms. The van der Waals surface area contributed by atoms with Crippen LogP contribution in [0.5, 0.6) is 0 Å². The van der Waals surface area contributed by atoms with Gasteiger partial charge in [0.1, 0.15) is 0 Å². The predicted molar refractivity (Wildman–Crippen MR) is 131 cm³/mol. The topological polar surface area (TPSA) is 65.7 Å². The fourth-order valence-electron chi connectivity index (χ4n) is 3.75. The van der Waals surface area contributed by atoms with E-state index in [-0.39, 0.29) is 24.0 Å². The van der Waals surface area contributed by atoms with Gasteiger partial charge in [-0.3, -0.25) is 9.89 Å². The minimum Gasteiger partial charge on any atom is -0.359 e. The molecule has 0 aliphatic carbocycles. The van der Waals surface area contributed by atoms with Crippen molar-refractivity contribution in [1.82, 2.24) is 20.7 Å². The van der Waals surface area contributed by atoms with E-state index in [1.54, 1.807) is 11.3 Å². The molecule has 1 aliphatic heterocycles. The lowest BCUT2D eigenvalue weighted by atomic mass is 9.99. The third-order valence-electron chi connectivity index (χ3n) is 5.55. The van der Waals surface area contributed by atoms with Crippen molar-refractivity contribution in [2.75, 3.05) is 20.1 Å². The van der Waals surface area contributed by atoms with Crippen LogP contribution in [0, 0.1) is 0 Å². The van der Waals surface area contributed by atoms with E-state index in [4.69, 9.17) is 4.52 Å². The lowest BCUT2D eigenvalue weighted by molar-refractivity contribution is 0.198. The first-order valence-electron chi connectivity index (χ1n) is 10.4. The summed E-state index contributed by atoms with van der Waals surface area (Å²) in [5.41, 5.74) is 2.48. The Hall–Kier alpha value is -1.13. The van der Waals surface area contributed by atoms with Gasteiger partial charge in [-0.1, -0.05) is 19.0 Å². The van der Waals surface area contributed by atoms with Crippen LogP contribution in [0.25, 0.3) is 0 Å². The predicted octanol–water partition coefficient (Wildman–Crippen LogP) is 4.59. The van der Waals surface area contributed by atoms with Crippen molar-refractivity contribution in [3.63, 3.8) is 0 Å². The number of thiophene rings is 1. The van der Waals surface area contributed by atoms with Gasteiger partial charge in [-0.05, 0) is 48.1 Å². The van der Waals surface area contributed by atoms with Crippen molar-refractivity contribution in [3.05, 3.63) is 39.9 Å². The third kappa shape index (κ3) is 7.25. The summed E-state index contributed by atoms with van der Waals surface area (Å²) in [5.74, 6) is 2.17. The molecule has 3 heterocycles. The van der Waals surface area contributed by atoms with E-state index in [2.05, 4.69) is 62.4 Å². The van der Waals surface area contributed by atoms with Crippen LogP contribution in [0.1, 0.15) is 62.5 Å². The molecule has 1 aliphatic rings.